The largest absolute Gasteiger partial charge is 0.388 e. The third-order valence-corrected chi connectivity index (χ3v) is 11.6. The first-order valence-corrected chi connectivity index (χ1v) is 14.6. The normalized spacial score (nSPS) is 44.8. The van der Waals surface area contributed by atoms with Gasteiger partial charge in [-0.15, -0.1) is 0 Å². The van der Waals surface area contributed by atoms with Crippen LogP contribution in [0.2, 0.25) is 0 Å². The Morgan fingerprint density at radius 1 is 1.08 bits per heavy atom. The van der Waals surface area contributed by atoms with Crippen molar-refractivity contribution in [2.45, 2.75) is 93.6 Å². The molecule has 1 aromatic carbocycles. The van der Waals surface area contributed by atoms with Crippen LogP contribution in [0.4, 0.5) is 0 Å². The maximum Gasteiger partial charge on any atom is 0.118 e. The fourth-order valence-electron chi connectivity index (χ4n) is 9.77. The number of hydrogen-bond acceptors (Lipinski definition) is 5. The van der Waals surface area contributed by atoms with Crippen LogP contribution in [0.3, 0.4) is 0 Å². The average Bonchev–Trinajstić information content (AvgIpc) is 3.59. The van der Waals surface area contributed by atoms with Gasteiger partial charge in [-0.05, 0) is 103 Å². The van der Waals surface area contributed by atoms with E-state index in [1.165, 1.54) is 40.3 Å². The summed E-state index contributed by atoms with van der Waals surface area (Å²) in [6, 6.07) is 9.49. The molecule has 2 aromatic rings. The van der Waals surface area contributed by atoms with Gasteiger partial charge >= 0.3 is 0 Å². The lowest BCUT2D eigenvalue weighted by molar-refractivity contribution is -0.185. The second-order valence-electron chi connectivity index (χ2n) is 13.2. The number of ether oxygens (including phenoxy) is 1. The van der Waals surface area contributed by atoms with Gasteiger partial charge < -0.3 is 15.6 Å². The number of rotatable bonds is 2. The molecular weight excluding hydrogens is 458 g/mol. The van der Waals surface area contributed by atoms with Crippen LogP contribution in [0.15, 0.2) is 60.0 Å². The van der Waals surface area contributed by atoms with Gasteiger partial charge in [0.1, 0.15) is 11.7 Å². The van der Waals surface area contributed by atoms with Crippen molar-refractivity contribution in [3.05, 3.63) is 65.5 Å². The molecule has 194 valence electrons. The Kier molecular flexibility index (Phi) is 4.80. The first-order valence-electron chi connectivity index (χ1n) is 14.6. The van der Waals surface area contributed by atoms with E-state index in [4.69, 9.17) is 10.5 Å². The number of nitrogens with two attached hydrogens (primary N) is 1. The van der Waals surface area contributed by atoms with Crippen molar-refractivity contribution in [1.82, 2.24) is 9.88 Å². The van der Waals surface area contributed by atoms with Gasteiger partial charge in [-0.25, -0.2) is 0 Å². The van der Waals surface area contributed by atoms with Crippen LogP contribution in [-0.2, 0) is 4.74 Å². The molecule has 4 fully saturated rings. The van der Waals surface area contributed by atoms with E-state index in [-0.39, 0.29) is 23.1 Å². The second-order valence-corrected chi connectivity index (χ2v) is 13.2. The first kappa shape index (κ1) is 22.9. The molecular formula is C32H39N3O2. The highest BCUT2D eigenvalue weighted by Crippen LogP contribution is 2.69. The predicted octanol–water partition coefficient (Wildman–Crippen LogP) is 4.85. The second kappa shape index (κ2) is 7.75. The van der Waals surface area contributed by atoms with E-state index in [9.17, 15) is 5.11 Å². The Morgan fingerprint density at radius 2 is 1.97 bits per heavy atom. The Morgan fingerprint density at radius 3 is 2.84 bits per heavy atom. The lowest BCUT2D eigenvalue weighted by atomic mass is 9.58. The highest BCUT2D eigenvalue weighted by Gasteiger charge is 2.68. The summed E-state index contributed by atoms with van der Waals surface area (Å²) in [7, 11) is 0. The van der Waals surface area contributed by atoms with Crippen LogP contribution in [0.25, 0.3) is 10.8 Å². The SMILES string of the molecule is C[C@]12CC=C3C=C4CC[C@@H](N5CC[C@@H](N)C5)[C@H](O)[C@]45CCC3(O5)[C@@H]1CC[C@@H]2c1ccc2ccncc2c1. The Labute approximate surface area is 219 Å². The van der Waals surface area contributed by atoms with Crippen LogP contribution in [0, 0.1) is 11.3 Å². The number of pyridine rings is 1. The molecule has 6 aliphatic rings. The summed E-state index contributed by atoms with van der Waals surface area (Å²) in [5.74, 6) is 0.981. The monoisotopic (exact) mass is 497 g/mol. The Bertz CT molecular complexity index is 1340. The molecule has 1 unspecified atom stereocenters. The lowest BCUT2D eigenvalue weighted by Gasteiger charge is -2.56. The standard InChI is InChI=1S/C32H39N3O2/c1-30-11-8-24-17-23-4-6-27(35-15-10-25(33)19-35)29(36)32(23)13-12-31(24,37-32)28(30)7-5-26(30)21-3-2-20-9-14-34-18-22(20)16-21/h2-3,8-9,14,16-18,25-29,36H,4-7,10-13,15,19,33H2,1H3/t25-,26-,27-,28-,29+,30-,31?,32+/m1/s1. The number of nitrogens with zero attached hydrogens (tertiary/aromatic N) is 2. The Hall–Kier alpha value is -2.05. The van der Waals surface area contributed by atoms with E-state index in [2.05, 4.69) is 53.2 Å². The first-order chi connectivity index (χ1) is 17.9. The summed E-state index contributed by atoms with van der Waals surface area (Å²) in [4.78, 5) is 6.83. The number of hydrogen-bond donors (Lipinski definition) is 2. The van der Waals surface area contributed by atoms with Gasteiger partial charge in [0.05, 0.1) is 5.60 Å². The molecule has 1 aromatic heterocycles. The zero-order chi connectivity index (χ0) is 25.0. The van der Waals surface area contributed by atoms with E-state index in [1.807, 2.05) is 12.4 Å². The van der Waals surface area contributed by atoms with Crippen LogP contribution in [-0.4, -0.2) is 57.5 Å². The summed E-state index contributed by atoms with van der Waals surface area (Å²) in [5.41, 5.74) is 9.84. The molecule has 0 radical (unpaired) electrons. The van der Waals surface area contributed by atoms with Crippen molar-refractivity contribution in [3.8, 4) is 0 Å². The predicted molar refractivity (Wildman–Crippen MR) is 145 cm³/mol. The molecule has 2 saturated carbocycles. The van der Waals surface area contributed by atoms with Gasteiger partial charge in [0, 0.05) is 43.0 Å². The minimum Gasteiger partial charge on any atom is -0.388 e. The van der Waals surface area contributed by atoms with Crippen molar-refractivity contribution in [1.29, 1.82) is 0 Å². The van der Waals surface area contributed by atoms with Gasteiger partial charge in [0.2, 0.25) is 0 Å². The highest BCUT2D eigenvalue weighted by atomic mass is 16.5. The van der Waals surface area contributed by atoms with E-state index < -0.39 is 11.7 Å². The summed E-state index contributed by atoms with van der Waals surface area (Å²) in [6.07, 6.45) is 16.9. The summed E-state index contributed by atoms with van der Waals surface area (Å²) in [5, 5.41) is 14.4. The molecule has 3 aliphatic carbocycles. The Balaban J connectivity index is 1.15. The molecule has 37 heavy (non-hydrogen) atoms. The van der Waals surface area contributed by atoms with E-state index in [1.54, 1.807) is 0 Å². The summed E-state index contributed by atoms with van der Waals surface area (Å²) < 4.78 is 7.39. The van der Waals surface area contributed by atoms with Gasteiger partial charge in [-0.3, -0.25) is 9.88 Å². The maximum atomic E-state index is 11.9. The zero-order valence-corrected chi connectivity index (χ0v) is 21.9. The van der Waals surface area contributed by atoms with Gasteiger partial charge in [-0.2, -0.15) is 0 Å². The number of aliphatic hydroxyl groups excluding tert-OH is 1. The number of aromatic nitrogens is 1. The minimum atomic E-state index is -0.516. The number of aliphatic hydroxyl groups is 1. The van der Waals surface area contributed by atoms with E-state index in [0.29, 0.717) is 11.8 Å². The quantitative estimate of drug-likeness (QED) is 0.621. The van der Waals surface area contributed by atoms with Gasteiger partial charge in [-0.1, -0.05) is 31.2 Å². The van der Waals surface area contributed by atoms with E-state index >= 15 is 0 Å². The third-order valence-electron chi connectivity index (χ3n) is 11.6. The maximum absolute atomic E-state index is 11.9. The van der Waals surface area contributed by atoms with Crippen LogP contribution in [0.5, 0.6) is 0 Å². The number of allylic oxidation sites excluding steroid dienone is 1. The number of likely N-dealkylation sites (tertiary alicyclic amines) is 1. The van der Waals surface area contributed by atoms with Crippen LogP contribution in [0.1, 0.15) is 69.8 Å². The molecule has 2 saturated heterocycles. The molecule has 2 bridgehead atoms. The smallest absolute Gasteiger partial charge is 0.118 e. The fraction of sp³-hybridized carbons (Fsp3) is 0.594. The molecule has 3 N–H and O–H groups in total. The zero-order valence-electron chi connectivity index (χ0n) is 21.9. The summed E-state index contributed by atoms with van der Waals surface area (Å²) >= 11 is 0. The highest BCUT2D eigenvalue weighted by molar-refractivity contribution is 5.82. The number of benzene rings is 1. The minimum absolute atomic E-state index is 0.150. The van der Waals surface area contributed by atoms with Crippen molar-refractivity contribution in [2.24, 2.45) is 17.1 Å². The molecule has 8 rings (SSSR count). The fourth-order valence-corrected chi connectivity index (χ4v) is 9.77. The van der Waals surface area contributed by atoms with Crippen LogP contribution < -0.4 is 5.73 Å². The van der Waals surface area contributed by atoms with E-state index in [0.717, 1.165) is 51.6 Å². The molecule has 4 heterocycles. The lowest BCUT2D eigenvalue weighted by Crippen LogP contribution is -2.62. The summed E-state index contributed by atoms with van der Waals surface area (Å²) in [6.45, 7) is 4.42. The molecule has 0 amide bonds. The van der Waals surface area contributed by atoms with Gasteiger partial charge in [0.25, 0.3) is 0 Å². The third kappa shape index (κ3) is 2.97. The van der Waals surface area contributed by atoms with Crippen molar-refractivity contribution in [3.63, 3.8) is 0 Å². The molecule has 3 aliphatic heterocycles. The van der Waals surface area contributed by atoms with Crippen molar-refractivity contribution < 1.29 is 9.84 Å². The van der Waals surface area contributed by atoms with Crippen molar-refractivity contribution in [2.75, 3.05) is 13.1 Å². The molecule has 2 spiro atoms. The van der Waals surface area contributed by atoms with Crippen LogP contribution >= 0.6 is 0 Å². The average molecular weight is 498 g/mol. The van der Waals surface area contributed by atoms with Crippen molar-refractivity contribution >= 4 is 10.8 Å². The molecule has 8 atom stereocenters. The van der Waals surface area contributed by atoms with Gasteiger partial charge in [0.15, 0.2) is 0 Å². The topological polar surface area (TPSA) is 71.6 Å². The number of fused-ring (bicyclic) bond motifs is 2. The molecule has 5 heteroatoms. The molecule has 5 nitrogen and oxygen atoms in total.